The number of carboxylic acids is 1. The van der Waals surface area contributed by atoms with E-state index >= 15 is 0 Å². The number of benzene rings is 2. The van der Waals surface area contributed by atoms with E-state index in [9.17, 15) is 18.7 Å². The SMILES string of the molecule is CCCCOc1ccc2[nH]c(-c3ccc(F)cc3F)c(CC(=O)O)c2c1. The number of aromatic nitrogens is 1. The van der Waals surface area contributed by atoms with Crippen LogP contribution in [0.1, 0.15) is 25.3 Å². The lowest BCUT2D eigenvalue weighted by atomic mass is 10.0. The van der Waals surface area contributed by atoms with Gasteiger partial charge < -0.3 is 14.8 Å². The van der Waals surface area contributed by atoms with Crippen LogP contribution in [0.3, 0.4) is 0 Å². The Labute approximate surface area is 149 Å². The highest BCUT2D eigenvalue weighted by Gasteiger charge is 2.19. The maximum atomic E-state index is 14.2. The van der Waals surface area contributed by atoms with E-state index in [1.54, 1.807) is 18.2 Å². The Bertz CT molecular complexity index is 950. The number of nitrogens with one attached hydrogen (secondary N) is 1. The van der Waals surface area contributed by atoms with Crippen molar-refractivity contribution in [1.82, 2.24) is 4.98 Å². The molecular formula is C20H19F2NO3. The van der Waals surface area contributed by atoms with Gasteiger partial charge in [0.2, 0.25) is 0 Å². The first-order valence-electron chi connectivity index (χ1n) is 8.44. The van der Waals surface area contributed by atoms with Crippen molar-refractivity contribution in [3.63, 3.8) is 0 Å². The summed E-state index contributed by atoms with van der Waals surface area (Å²) in [7, 11) is 0. The van der Waals surface area contributed by atoms with Crippen LogP contribution in [0.15, 0.2) is 36.4 Å². The number of halogens is 2. The van der Waals surface area contributed by atoms with Crippen LogP contribution < -0.4 is 4.74 Å². The lowest BCUT2D eigenvalue weighted by Gasteiger charge is -2.06. The molecule has 1 heterocycles. The van der Waals surface area contributed by atoms with E-state index in [0.717, 1.165) is 25.0 Å². The lowest BCUT2D eigenvalue weighted by molar-refractivity contribution is -0.136. The summed E-state index contributed by atoms with van der Waals surface area (Å²) in [6.45, 7) is 2.63. The molecule has 0 spiro atoms. The molecule has 0 aliphatic heterocycles. The topological polar surface area (TPSA) is 62.3 Å². The summed E-state index contributed by atoms with van der Waals surface area (Å²) < 4.78 is 33.1. The van der Waals surface area contributed by atoms with Crippen LogP contribution in [0.2, 0.25) is 0 Å². The van der Waals surface area contributed by atoms with Crippen molar-refractivity contribution in [3.8, 4) is 17.0 Å². The van der Waals surface area contributed by atoms with Crippen molar-refractivity contribution >= 4 is 16.9 Å². The molecule has 0 amide bonds. The number of carboxylic acid groups (broad SMARTS) is 1. The van der Waals surface area contributed by atoms with E-state index < -0.39 is 17.6 Å². The number of ether oxygens (including phenoxy) is 1. The second-order valence-corrected chi connectivity index (χ2v) is 6.08. The number of carbonyl (C=O) groups is 1. The first-order chi connectivity index (χ1) is 12.5. The Hall–Kier alpha value is -2.89. The largest absolute Gasteiger partial charge is 0.494 e. The van der Waals surface area contributed by atoms with E-state index in [0.29, 0.717) is 34.5 Å². The van der Waals surface area contributed by atoms with Crippen LogP contribution in [0.25, 0.3) is 22.2 Å². The molecule has 0 aliphatic rings. The van der Waals surface area contributed by atoms with E-state index in [1.165, 1.54) is 6.07 Å². The molecule has 0 radical (unpaired) electrons. The molecule has 136 valence electrons. The Morgan fingerprint density at radius 3 is 2.69 bits per heavy atom. The van der Waals surface area contributed by atoms with Gasteiger partial charge in [0.1, 0.15) is 17.4 Å². The van der Waals surface area contributed by atoms with Gasteiger partial charge in [-0.25, -0.2) is 8.78 Å². The summed E-state index contributed by atoms with van der Waals surface area (Å²) in [5, 5.41) is 9.93. The molecule has 1 aromatic heterocycles. The molecule has 0 saturated heterocycles. The second-order valence-electron chi connectivity index (χ2n) is 6.08. The molecule has 26 heavy (non-hydrogen) atoms. The van der Waals surface area contributed by atoms with Crippen LogP contribution in [0.5, 0.6) is 5.75 Å². The Morgan fingerprint density at radius 2 is 2.00 bits per heavy atom. The molecule has 6 heteroatoms. The van der Waals surface area contributed by atoms with Gasteiger partial charge >= 0.3 is 5.97 Å². The third kappa shape index (κ3) is 3.69. The van der Waals surface area contributed by atoms with Crippen molar-refractivity contribution < 1.29 is 23.4 Å². The zero-order valence-electron chi connectivity index (χ0n) is 14.3. The van der Waals surface area contributed by atoms with Gasteiger partial charge in [0.25, 0.3) is 0 Å². The van der Waals surface area contributed by atoms with E-state index in [4.69, 9.17) is 4.74 Å². The highest BCUT2D eigenvalue weighted by molar-refractivity contribution is 5.94. The molecule has 0 bridgehead atoms. The van der Waals surface area contributed by atoms with Gasteiger partial charge in [0.15, 0.2) is 0 Å². The minimum Gasteiger partial charge on any atom is -0.494 e. The minimum atomic E-state index is -1.04. The fourth-order valence-electron chi connectivity index (χ4n) is 2.91. The van der Waals surface area contributed by atoms with Crippen molar-refractivity contribution in [3.05, 3.63) is 53.6 Å². The molecule has 0 fully saturated rings. The van der Waals surface area contributed by atoms with E-state index in [2.05, 4.69) is 11.9 Å². The molecule has 0 unspecified atom stereocenters. The van der Waals surface area contributed by atoms with Crippen molar-refractivity contribution in [2.75, 3.05) is 6.61 Å². The first kappa shape index (κ1) is 17.9. The lowest BCUT2D eigenvalue weighted by Crippen LogP contribution is -2.02. The van der Waals surface area contributed by atoms with E-state index in [-0.39, 0.29) is 12.0 Å². The summed E-state index contributed by atoms with van der Waals surface area (Å²) >= 11 is 0. The summed E-state index contributed by atoms with van der Waals surface area (Å²) in [6, 6.07) is 8.54. The highest BCUT2D eigenvalue weighted by atomic mass is 19.1. The minimum absolute atomic E-state index is 0.132. The van der Waals surface area contributed by atoms with Crippen LogP contribution in [0, 0.1) is 11.6 Å². The predicted molar refractivity (Wildman–Crippen MR) is 95.4 cm³/mol. The van der Waals surface area contributed by atoms with Crippen molar-refractivity contribution in [2.45, 2.75) is 26.2 Å². The Kier molecular flexibility index (Phi) is 5.21. The number of aliphatic carboxylic acids is 1. The third-order valence-corrected chi connectivity index (χ3v) is 4.17. The fraction of sp³-hybridized carbons (Fsp3) is 0.250. The van der Waals surface area contributed by atoms with Crippen LogP contribution in [-0.4, -0.2) is 22.7 Å². The molecular weight excluding hydrogens is 340 g/mol. The zero-order valence-corrected chi connectivity index (χ0v) is 14.3. The van der Waals surface area contributed by atoms with Crippen LogP contribution in [0.4, 0.5) is 8.78 Å². The van der Waals surface area contributed by atoms with Gasteiger partial charge in [0, 0.05) is 22.5 Å². The summed E-state index contributed by atoms with van der Waals surface area (Å²) in [5.41, 5.74) is 1.58. The molecule has 0 aliphatic carbocycles. The number of hydrogen-bond donors (Lipinski definition) is 2. The Morgan fingerprint density at radius 1 is 1.19 bits per heavy atom. The average Bonchev–Trinajstić information content (AvgIpc) is 2.92. The maximum absolute atomic E-state index is 14.2. The summed E-state index contributed by atoms with van der Waals surface area (Å²) in [4.78, 5) is 14.4. The normalized spacial score (nSPS) is 11.0. The Balaban J connectivity index is 2.11. The van der Waals surface area contributed by atoms with E-state index in [1.807, 2.05) is 0 Å². The number of aromatic amines is 1. The fourth-order valence-corrected chi connectivity index (χ4v) is 2.91. The molecule has 0 atom stereocenters. The van der Waals surface area contributed by atoms with Gasteiger partial charge in [-0.3, -0.25) is 4.79 Å². The van der Waals surface area contributed by atoms with Crippen molar-refractivity contribution in [2.24, 2.45) is 0 Å². The van der Waals surface area contributed by atoms with Crippen LogP contribution in [-0.2, 0) is 11.2 Å². The monoisotopic (exact) mass is 359 g/mol. The number of unbranched alkanes of at least 4 members (excludes halogenated alkanes) is 1. The second kappa shape index (κ2) is 7.56. The summed E-state index contributed by atoms with van der Waals surface area (Å²) in [5.74, 6) is -1.84. The van der Waals surface area contributed by atoms with Gasteiger partial charge in [-0.15, -0.1) is 0 Å². The van der Waals surface area contributed by atoms with Crippen LogP contribution >= 0.6 is 0 Å². The highest BCUT2D eigenvalue weighted by Crippen LogP contribution is 2.34. The van der Waals surface area contributed by atoms with Gasteiger partial charge in [0.05, 0.1) is 18.7 Å². The first-order valence-corrected chi connectivity index (χ1v) is 8.44. The smallest absolute Gasteiger partial charge is 0.307 e. The number of hydrogen-bond acceptors (Lipinski definition) is 2. The molecule has 2 N–H and O–H groups in total. The average molecular weight is 359 g/mol. The molecule has 3 aromatic rings. The van der Waals surface area contributed by atoms with Gasteiger partial charge in [-0.2, -0.15) is 0 Å². The summed E-state index contributed by atoms with van der Waals surface area (Å²) in [6.07, 6.45) is 1.63. The third-order valence-electron chi connectivity index (χ3n) is 4.17. The molecule has 2 aromatic carbocycles. The van der Waals surface area contributed by atoms with Crippen molar-refractivity contribution in [1.29, 1.82) is 0 Å². The predicted octanol–water partition coefficient (Wildman–Crippen LogP) is 4.92. The number of H-pyrrole nitrogens is 1. The molecule has 4 nitrogen and oxygen atoms in total. The quantitative estimate of drug-likeness (QED) is 0.589. The van der Waals surface area contributed by atoms with Gasteiger partial charge in [-0.05, 0) is 42.3 Å². The maximum Gasteiger partial charge on any atom is 0.307 e. The van der Waals surface area contributed by atoms with Gasteiger partial charge in [-0.1, -0.05) is 13.3 Å². The molecule has 0 saturated carbocycles. The number of fused-ring (bicyclic) bond motifs is 1. The standard InChI is InChI=1S/C20H19F2NO3/c1-2-3-8-26-13-5-7-18-15(10-13)16(11-19(24)25)20(23-18)14-6-4-12(21)9-17(14)22/h4-7,9-10,23H,2-3,8,11H2,1H3,(H,24,25). The number of rotatable bonds is 7. The zero-order chi connectivity index (χ0) is 18.7. The molecule has 3 rings (SSSR count).